The Balaban J connectivity index is 2.11. The second-order valence-electron chi connectivity index (χ2n) is 6.14. The van der Waals surface area contributed by atoms with Gasteiger partial charge in [-0.15, -0.1) is 0 Å². The molecule has 6 heteroatoms. The van der Waals surface area contributed by atoms with Crippen LogP contribution in [0.4, 0.5) is 11.4 Å². The molecule has 1 atom stereocenters. The number of nitrogens with zero attached hydrogens (tertiary/aromatic N) is 1. The first-order chi connectivity index (χ1) is 12.0. The van der Waals surface area contributed by atoms with Gasteiger partial charge < -0.3 is 15.4 Å². The fraction of sp³-hybridized carbons (Fsp3) is 0.263. The summed E-state index contributed by atoms with van der Waals surface area (Å²) in [5.41, 5.74) is 3.81. The predicted octanol–water partition coefficient (Wildman–Crippen LogP) is 4.65. The third kappa shape index (κ3) is 3.85. The molecule has 5 nitrogen and oxygen atoms in total. The molecule has 130 valence electrons. The summed E-state index contributed by atoms with van der Waals surface area (Å²) in [6.07, 6.45) is 1.52. The Morgan fingerprint density at radius 1 is 1.24 bits per heavy atom. The maximum atomic E-state index is 12.8. The maximum absolute atomic E-state index is 12.8. The lowest BCUT2D eigenvalue weighted by molar-refractivity contribution is -0.143. The van der Waals surface area contributed by atoms with Gasteiger partial charge in [-0.1, -0.05) is 22.0 Å². The lowest BCUT2D eigenvalue weighted by Gasteiger charge is -2.21. The predicted molar refractivity (Wildman–Crippen MR) is 102 cm³/mol. The van der Waals surface area contributed by atoms with Gasteiger partial charge in [-0.2, -0.15) is 0 Å². The summed E-state index contributed by atoms with van der Waals surface area (Å²) in [6.45, 7) is 5.56. The summed E-state index contributed by atoms with van der Waals surface area (Å²) < 4.78 is 6.43. The van der Waals surface area contributed by atoms with Crippen molar-refractivity contribution in [3.8, 4) is 0 Å². The number of carbonyl (C=O) groups is 1. The second kappa shape index (κ2) is 7.27. The number of allylic oxidation sites excluding steroid dienone is 1. The summed E-state index contributed by atoms with van der Waals surface area (Å²) in [6, 6.07) is 11.2. The number of hydrogen-bond donors (Lipinski definition) is 2. The number of ether oxygens (including phenoxy) is 1. The summed E-state index contributed by atoms with van der Waals surface area (Å²) in [5.74, 6) is -0.352. The van der Waals surface area contributed by atoms with Gasteiger partial charge in [0.15, 0.2) is 0 Å². The number of benzene rings is 1. The molecule has 0 radical (unpaired) electrons. The average Bonchev–Trinajstić information content (AvgIpc) is 2.70. The molecule has 2 aromatic rings. The van der Waals surface area contributed by atoms with Crippen molar-refractivity contribution in [3.63, 3.8) is 0 Å². The van der Waals surface area contributed by atoms with Crippen LogP contribution in [0.3, 0.4) is 0 Å². The minimum Gasteiger partial charge on any atom is -0.459 e. The van der Waals surface area contributed by atoms with Gasteiger partial charge in [0, 0.05) is 16.4 Å². The molecule has 3 rings (SSSR count). The lowest BCUT2D eigenvalue weighted by atomic mass is 10.0. The summed E-state index contributed by atoms with van der Waals surface area (Å²) in [4.78, 5) is 17.2. The van der Waals surface area contributed by atoms with Crippen molar-refractivity contribution in [1.82, 2.24) is 4.98 Å². The normalized spacial score (nSPS) is 16.6. The van der Waals surface area contributed by atoms with Crippen molar-refractivity contribution in [2.24, 2.45) is 0 Å². The van der Waals surface area contributed by atoms with Crippen LogP contribution in [0.5, 0.6) is 0 Å². The zero-order valence-corrected chi connectivity index (χ0v) is 15.9. The number of rotatable bonds is 3. The number of hydrogen-bond acceptors (Lipinski definition) is 5. The van der Waals surface area contributed by atoms with Crippen molar-refractivity contribution in [1.29, 1.82) is 0 Å². The van der Waals surface area contributed by atoms with Crippen molar-refractivity contribution in [3.05, 3.63) is 64.0 Å². The number of fused-ring (bicyclic) bond motifs is 1. The van der Waals surface area contributed by atoms with Crippen LogP contribution in [0, 0.1) is 0 Å². The third-order valence-corrected chi connectivity index (χ3v) is 4.34. The maximum Gasteiger partial charge on any atom is 0.338 e. The minimum absolute atomic E-state index is 0.197. The molecule has 0 saturated carbocycles. The van der Waals surface area contributed by atoms with Crippen LogP contribution in [0.2, 0.25) is 0 Å². The largest absolute Gasteiger partial charge is 0.459 e. The fourth-order valence-electron chi connectivity index (χ4n) is 2.78. The number of esters is 1. The fourth-order valence-corrected chi connectivity index (χ4v) is 3.14. The molecule has 1 aliphatic heterocycles. The van der Waals surface area contributed by atoms with E-state index in [1.54, 1.807) is 6.20 Å². The number of carbonyl (C=O) groups excluding carboxylic acids is 1. The van der Waals surface area contributed by atoms with E-state index in [0.29, 0.717) is 5.57 Å². The van der Waals surface area contributed by atoms with Crippen LogP contribution < -0.4 is 10.6 Å². The number of halogens is 1. The van der Waals surface area contributed by atoms with Gasteiger partial charge in [-0.25, -0.2) is 4.79 Å². The number of anilines is 2. The molecular formula is C19H20BrN3O2. The molecule has 1 aromatic carbocycles. The highest BCUT2D eigenvalue weighted by Crippen LogP contribution is 2.37. The van der Waals surface area contributed by atoms with Crippen LogP contribution in [0.15, 0.2) is 58.3 Å². The summed E-state index contributed by atoms with van der Waals surface area (Å²) in [7, 11) is 0. The molecule has 0 saturated heterocycles. The molecule has 0 aliphatic carbocycles. The highest BCUT2D eigenvalue weighted by molar-refractivity contribution is 9.10. The topological polar surface area (TPSA) is 63.2 Å². The second-order valence-corrected chi connectivity index (χ2v) is 7.06. The molecule has 1 unspecified atom stereocenters. The van der Waals surface area contributed by atoms with Crippen molar-refractivity contribution in [2.75, 3.05) is 10.6 Å². The van der Waals surface area contributed by atoms with E-state index in [2.05, 4.69) is 31.5 Å². The van der Waals surface area contributed by atoms with E-state index in [9.17, 15) is 4.79 Å². The zero-order valence-electron chi connectivity index (χ0n) is 14.3. The van der Waals surface area contributed by atoms with Gasteiger partial charge in [0.2, 0.25) is 0 Å². The Labute approximate surface area is 155 Å². The van der Waals surface area contributed by atoms with E-state index in [-0.39, 0.29) is 12.1 Å². The minimum atomic E-state index is -0.401. The molecule has 0 fully saturated rings. The van der Waals surface area contributed by atoms with Gasteiger partial charge >= 0.3 is 5.97 Å². The van der Waals surface area contributed by atoms with Crippen LogP contribution in [-0.4, -0.2) is 17.1 Å². The van der Waals surface area contributed by atoms with E-state index < -0.39 is 6.04 Å². The molecule has 2 N–H and O–H groups in total. The molecule has 0 spiro atoms. The lowest BCUT2D eigenvalue weighted by Crippen LogP contribution is -2.24. The first-order valence-electron chi connectivity index (χ1n) is 8.11. The van der Waals surface area contributed by atoms with Crippen molar-refractivity contribution in [2.45, 2.75) is 32.9 Å². The van der Waals surface area contributed by atoms with E-state index in [0.717, 1.165) is 27.2 Å². The quantitative estimate of drug-likeness (QED) is 0.732. The highest BCUT2D eigenvalue weighted by atomic mass is 79.9. The Morgan fingerprint density at radius 3 is 2.72 bits per heavy atom. The van der Waals surface area contributed by atoms with Gasteiger partial charge in [-0.05, 0) is 51.1 Å². The van der Waals surface area contributed by atoms with Crippen LogP contribution >= 0.6 is 15.9 Å². The molecule has 0 amide bonds. The Kier molecular flexibility index (Phi) is 5.08. The van der Waals surface area contributed by atoms with Crippen molar-refractivity contribution < 1.29 is 9.53 Å². The first-order valence-corrected chi connectivity index (χ1v) is 8.91. The third-order valence-electron chi connectivity index (χ3n) is 3.84. The Hall–Kier alpha value is -2.34. The highest BCUT2D eigenvalue weighted by Gasteiger charge is 2.31. The summed E-state index contributed by atoms with van der Waals surface area (Å²) >= 11 is 3.48. The van der Waals surface area contributed by atoms with Gasteiger partial charge in [-0.3, -0.25) is 4.98 Å². The summed E-state index contributed by atoms with van der Waals surface area (Å²) in [5, 5.41) is 6.76. The molecule has 2 heterocycles. The van der Waals surface area contributed by atoms with Crippen LogP contribution in [0.1, 0.15) is 32.5 Å². The van der Waals surface area contributed by atoms with Crippen LogP contribution in [0.25, 0.3) is 0 Å². The number of pyridine rings is 1. The van der Waals surface area contributed by atoms with Crippen molar-refractivity contribution >= 4 is 33.3 Å². The molecule has 0 bridgehead atoms. The van der Waals surface area contributed by atoms with E-state index in [4.69, 9.17) is 4.74 Å². The monoisotopic (exact) mass is 401 g/mol. The average molecular weight is 402 g/mol. The van der Waals surface area contributed by atoms with Gasteiger partial charge in [0.25, 0.3) is 0 Å². The molecule has 1 aromatic heterocycles. The molecule has 1 aliphatic rings. The number of nitrogens with one attached hydrogen (secondary N) is 2. The SMILES string of the molecule is CC1=C(C(=O)OC(C)C)C(c2ccccn2)Nc2ccc(Br)cc2N1. The van der Waals surface area contributed by atoms with E-state index in [1.807, 2.05) is 57.2 Å². The Morgan fingerprint density at radius 2 is 2.04 bits per heavy atom. The van der Waals surface area contributed by atoms with E-state index >= 15 is 0 Å². The zero-order chi connectivity index (χ0) is 18.0. The van der Waals surface area contributed by atoms with Crippen LogP contribution in [-0.2, 0) is 9.53 Å². The van der Waals surface area contributed by atoms with E-state index in [1.165, 1.54) is 0 Å². The molecule has 25 heavy (non-hydrogen) atoms. The smallest absolute Gasteiger partial charge is 0.338 e. The standard InChI is InChI=1S/C19H20BrN3O2/c1-11(2)25-19(24)17-12(3)22-16-10-13(20)7-8-14(16)23-18(17)15-6-4-5-9-21-15/h4-11,18,22-23H,1-3H3. The number of aromatic nitrogens is 1. The van der Waals surface area contributed by atoms with Gasteiger partial charge in [0.1, 0.15) is 6.04 Å². The Bertz CT molecular complexity index is 819. The first kappa shape index (κ1) is 17.5. The molecular weight excluding hydrogens is 382 g/mol. The van der Waals surface area contributed by atoms with Gasteiger partial charge in [0.05, 0.1) is 28.7 Å².